The number of carbonyl (C=O) groups excluding carboxylic acids is 2. The van der Waals surface area contributed by atoms with E-state index in [-0.39, 0.29) is 10.1 Å². The first-order valence-electron chi connectivity index (χ1n) is 7.86. The Balaban J connectivity index is 2.12. The molecule has 1 saturated heterocycles. The molecule has 1 heterocycles. The highest BCUT2D eigenvalue weighted by molar-refractivity contribution is 8.18. The number of benzene rings is 1. The Hall–Kier alpha value is -2.81. The van der Waals surface area contributed by atoms with E-state index in [0.29, 0.717) is 24.7 Å². The van der Waals surface area contributed by atoms with Crippen molar-refractivity contribution in [2.24, 2.45) is 10.2 Å². The van der Waals surface area contributed by atoms with E-state index in [2.05, 4.69) is 20.3 Å². The SMILES string of the molecule is CCOc1cc(C=N/N=C2/NC(=O)/C(=C\C(=O)OC)S2)cc(OCC)c1. The summed E-state index contributed by atoms with van der Waals surface area (Å²) in [6, 6.07) is 5.41. The summed E-state index contributed by atoms with van der Waals surface area (Å²) in [7, 11) is 1.24. The van der Waals surface area contributed by atoms with Gasteiger partial charge in [0.05, 0.1) is 31.4 Å². The molecule has 0 unspecified atom stereocenters. The molecule has 1 fully saturated rings. The maximum Gasteiger partial charge on any atom is 0.331 e. The van der Waals surface area contributed by atoms with Crippen LogP contribution in [-0.4, -0.2) is 43.6 Å². The third-order valence-electron chi connectivity index (χ3n) is 2.98. The third kappa shape index (κ3) is 5.62. The molecule has 0 aliphatic carbocycles. The summed E-state index contributed by atoms with van der Waals surface area (Å²) in [6.07, 6.45) is 2.62. The number of esters is 1. The van der Waals surface area contributed by atoms with E-state index >= 15 is 0 Å². The smallest absolute Gasteiger partial charge is 0.331 e. The van der Waals surface area contributed by atoms with Crippen molar-refractivity contribution >= 4 is 35.0 Å². The van der Waals surface area contributed by atoms with Crippen molar-refractivity contribution in [1.29, 1.82) is 0 Å². The van der Waals surface area contributed by atoms with E-state index in [4.69, 9.17) is 9.47 Å². The Morgan fingerprint density at radius 1 is 1.19 bits per heavy atom. The molecule has 26 heavy (non-hydrogen) atoms. The topological polar surface area (TPSA) is 98.6 Å². The molecular formula is C17H19N3O5S. The van der Waals surface area contributed by atoms with Crippen LogP contribution in [0.5, 0.6) is 11.5 Å². The number of carbonyl (C=O) groups is 2. The molecule has 1 aromatic rings. The average Bonchev–Trinajstić information content (AvgIpc) is 2.94. The van der Waals surface area contributed by atoms with Crippen LogP contribution in [0.2, 0.25) is 0 Å². The molecule has 0 aromatic heterocycles. The van der Waals surface area contributed by atoms with Crippen molar-refractivity contribution in [3.05, 3.63) is 34.7 Å². The Labute approximate surface area is 155 Å². The maximum absolute atomic E-state index is 11.7. The third-order valence-corrected chi connectivity index (χ3v) is 3.88. The molecule has 9 heteroatoms. The Bertz CT molecular complexity index is 749. The lowest BCUT2D eigenvalue weighted by atomic mass is 10.2. The predicted octanol–water partition coefficient (Wildman–Crippen LogP) is 2.09. The fraction of sp³-hybridized carbons (Fsp3) is 0.294. The maximum atomic E-state index is 11.7. The minimum atomic E-state index is -0.608. The summed E-state index contributed by atoms with van der Waals surface area (Å²) in [4.78, 5) is 23.1. The number of nitrogens with one attached hydrogen (secondary N) is 1. The van der Waals surface area contributed by atoms with Gasteiger partial charge in [0, 0.05) is 17.7 Å². The number of amides is 1. The zero-order valence-electron chi connectivity index (χ0n) is 14.6. The lowest BCUT2D eigenvalue weighted by Crippen LogP contribution is -2.19. The van der Waals surface area contributed by atoms with Gasteiger partial charge < -0.3 is 14.2 Å². The molecule has 138 valence electrons. The molecule has 0 radical (unpaired) electrons. The lowest BCUT2D eigenvalue weighted by Gasteiger charge is -2.08. The standard InChI is InChI=1S/C17H19N3O5S/c1-4-24-12-6-11(7-13(8-12)25-5-2)10-18-20-17-19-16(22)14(26-17)9-15(21)23-3/h6-10H,4-5H2,1-3H3,(H,19,20,22)/b14-9+,18-10?. The molecule has 0 spiro atoms. The molecule has 0 atom stereocenters. The van der Waals surface area contributed by atoms with E-state index in [1.807, 2.05) is 13.8 Å². The van der Waals surface area contributed by atoms with Gasteiger partial charge in [-0.05, 0) is 37.7 Å². The molecular weight excluding hydrogens is 358 g/mol. The minimum absolute atomic E-state index is 0.197. The zero-order valence-corrected chi connectivity index (χ0v) is 15.5. The molecule has 1 amide bonds. The van der Waals surface area contributed by atoms with Crippen LogP contribution < -0.4 is 14.8 Å². The summed E-state index contributed by atoms with van der Waals surface area (Å²) < 4.78 is 15.5. The number of rotatable bonds is 7. The Morgan fingerprint density at radius 2 is 1.85 bits per heavy atom. The van der Waals surface area contributed by atoms with E-state index in [1.165, 1.54) is 13.3 Å². The Morgan fingerprint density at radius 3 is 2.42 bits per heavy atom. The summed E-state index contributed by atoms with van der Waals surface area (Å²) in [6.45, 7) is 4.86. The molecule has 8 nitrogen and oxygen atoms in total. The molecule has 1 aromatic carbocycles. The van der Waals surface area contributed by atoms with Crippen LogP contribution >= 0.6 is 11.8 Å². The summed E-state index contributed by atoms with van der Waals surface area (Å²) in [5, 5.41) is 10.7. The van der Waals surface area contributed by atoms with Gasteiger partial charge in [-0.1, -0.05) is 0 Å². The first-order chi connectivity index (χ1) is 12.5. The van der Waals surface area contributed by atoms with Gasteiger partial charge in [-0.15, -0.1) is 5.10 Å². The quantitative estimate of drug-likeness (QED) is 0.338. The van der Waals surface area contributed by atoms with Gasteiger partial charge in [-0.2, -0.15) is 5.10 Å². The van der Waals surface area contributed by atoms with Crippen LogP contribution in [0.15, 0.2) is 39.4 Å². The Kier molecular flexibility index (Phi) is 7.22. The normalized spacial score (nSPS) is 17.0. The minimum Gasteiger partial charge on any atom is -0.494 e. The van der Waals surface area contributed by atoms with E-state index in [9.17, 15) is 9.59 Å². The summed E-state index contributed by atoms with van der Waals surface area (Å²) >= 11 is 1.01. The number of hydrogen-bond donors (Lipinski definition) is 1. The van der Waals surface area contributed by atoms with Crippen LogP contribution in [0, 0.1) is 0 Å². The van der Waals surface area contributed by atoms with Crippen LogP contribution in [0.1, 0.15) is 19.4 Å². The fourth-order valence-corrected chi connectivity index (χ4v) is 2.70. The predicted molar refractivity (Wildman–Crippen MR) is 99.6 cm³/mol. The van der Waals surface area contributed by atoms with Gasteiger partial charge in [0.2, 0.25) is 0 Å². The second-order valence-electron chi connectivity index (χ2n) is 4.84. The van der Waals surface area contributed by atoms with Crippen LogP contribution in [0.25, 0.3) is 0 Å². The van der Waals surface area contributed by atoms with E-state index in [1.54, 1.807) is 18.2 Å². The highest BCUT2D eigenvalue weighted by atomic mass is 32.2. The number of ether oxygens (including phenoxy) is 3. The van der Waals surface area contributed by atoms with Gasteiger partial charge >= 0.3 is 5.97 Å². The molecule has 2 rings (SSSR count). The van der Waals surface area contributed by atoms with Gasteiger partial charge in [0.25, 0.3) is 5.91 Å². The highest BCUT2D eigenvalue weighted by Gasteiger charge is 2.24. The van der Waals surface area contributed by atoms with Crippen molar-refractivity contribution < 1.29 is 23.8 Å². The van der Waals surface area contributed by atoms with Crippen LogP contribution in [-0.2, 0) is 14.3 Å². The molecule has 0 saturated carbocycles. The lowest BCUT2D eigenvalue weighted by molar-refractivity contribution is -0.135. The van der Waals surface area contributed by atoms with Gasteiger partial charge in [0.15, 0.2) is 5.17 Å². The highest BCUT2D eigenvalue weighted by Crippen LogP contribution is 2.24. The molecule has 1 aliphatic rings. The summed E-state index contributed by atoms with van der Waals surface area (Å²) in [5.41, 5.74) is 0.739. The summed E-state index contributed by atoms with van der Waals surface area (Å²) in [5.74, 6) is 0.300. The number of hydrogen-bond acceptors (Lipinski definition) is 8. The van der Waals surface area contributed by atoms with Gasteiger partial charge in [0.1, 0.15) is 11.5 Å². The largest absolute Gasteiger partial charge is 0.494 e. The second kappa shape index (κ2) is 9.62. The second-order valence-corrected chi connectivity index (χ2v) is 5.87. The molecule has 0 bridgehead atoms. The first kappa shape index (κ1) is 19.5. The molecule has 1 N–H and O–H groups in total. The van der Waals surface area contributed by atoms with Crippen molar-refractivity contribution in [3.8, 4) is 11.5 Å². The first-order valence-corrected chi connectivity index (χ1v) is 8.68. The van der Waals surface area contributed by atoms with Gasteiger partial charge in [-0.3, -0.25) is 10.1 Å². The number of amidine groups is 1. The van der Waals surface area contributed by atoms with Crippen molar-refractivity contribution in [2.75, 3.05) is 20.3 Å². The zero-order chi connectivity index (χ0) is 18.9. The van der Waals surface area contributed by atoms with E-state index < -0.39 is 11.9 Å². The number of nitrogens with zero attached hydrogens (tertiary/aromatic N) is 2. The van der Waals surface area contributed by atoms with Crippen LogP contribution in [0.3, 0.4) is 0 Å². The fourth-order valence-electron chi connectivity index (χ4n) is 1.96. The molecule has 1 aliphatic heterocycles. The van der Waals surface area contributed by atoms with Crippen molar-refractivity contribution in [3.63, 3.8) is 0 Å². The monoisotopic (exact) mass is 377 g/mol. The average molecular weight is 377 g/mol. The van der Waals surface area contributed by atoms with Crippen LogP contribution in [0.4, 0.5) is 0 Å². The van der Waals surface area contributed by atoms with Crippen molar-refractivity contribution in [1.82, 2.24) is 5.32 Å². The number of methoxy groups -OCH3 is 1. The van der Waals surface area contributed by atoms with Gasteiger partial charge in [-0.25, -0.2) is 4.79 Å². The van der Waals surface area contributed by atoms with E-state index in [0.717, 1.165) is 23.4 Å². The van der Waals surface area contributed by atoms with Crippen molar-refractivity contribution in [2.45, 2.75) is 13.8 Å². The number of thioether (sulfide) groups is 1.